The summed E-state index contributed by atoms with van der Waals surface area (Å²) >= 11 is 0. The maximum Gasteiger partial charge on any atom is 0.222 e. The second kappa shape index (κ2) is 5.64. The Morgan fingerprint density at radius 3 is 2.16 bits per heavy atom. The van der Waals surface area contributed by atoms with Crippen molar-refractivity contribution in [1.82, 2.24) is 4.90 Å². The highest BCUT2D eigenvalue weighted by Crippen LogP contribution is 2.23. The van der Waals surface area contributed by atoms with E-state index in [0.717, 1.165) is 13.1 Å². The molecular weight excluding hydrogens is 236 g/mol. The fraction of sp³-hybridized carbons (Fsp3) is 0.562. The lowest BCUT2D eigenvalue weighted by Crippen LogP contribution is -2.58. The monoisotopic (exact) mass is 260 g/mol. The van der Waals surface area contributed by atoms with Crippen molar-refractivity contribution in [3.05, 3.63) is 29.8 Å². The molecule has 104 valence electrons. The van der Waals surface area contributed by atoms with E-state index in [-0.39, 0.29) is 18.0 Å². The van der Waals surface area contributed by atoms with Gasteiger partial charge in [0.2, 0.25) is 5.91 Å². The van der Waals surface area contributed by atoms with Crippen LogP contribution in [0.15, 0.2) is 24.3 Å². The highest BCUT2D eigenvalue weighted by molar-refractivity contribution is 5.77. The summed E-state index contributed by atoms with van der Waals surface area (Å²) in [5.74, 6) is 0.267. The minimum Gasteiger partial charge on any atom is -0.367 e. The number of benzene rings is 1. The zero-order valence-corrected chi connectivity index (χ0v) is 12.4. The molecule has 2 rings (SSSR count). The van der Waals surface area contributed by atoms with E-state index in [1.165, 1.54) is 11.3 Å². The van der Waals surface area contributed by atoms with E-state index in [1.54, 1.807) is 0 Å². The molecule has 0 aliphatic carbocycles. The molecule has 3 nitrogen and oxygen atoms in total. The van der Waals surface area contributed by atoms with Crippen LogP contribution >= 0.6 is 0 Å². The molecule has 1 aromatic carbocycles. The van der Waals surface area contributed by atoms with Crippen LogP contribution in [-0.4, -0.2) is 36.0 Å². The van der Waals surface area contributed by atoms with Crippen molar-refractivity contribution in [3.63, 3.8) is 0 Å². The first-order valence-corrected chi connectivity index (χ1v) is 7.15. The third-order valence-corrected chi connectivity index (χ3v) is 3.91. The summed E-state index contributed by atoms with van der Waals surface area (Å²) in [6, 6.07) is 9.19. The lowest BCUT2D eigenvalue weighted by molar-refractivity contribution is -0.135. The number of carbonyl (C=O) groups excluding carboxylic acids is 1. The molecule has 0 radical (unpaired) electrons. The molecular formula is C16H24N2O. The van der Waals surface area contributed by atoms with E-state index in [0.29, 0.717) is 6.42 Å². The first kappa shape index (κ1) is 13.9. The van der Waals surface area contributed by atoms with Crippen molar-refractivity contribution >= 4 is 11.6 Å². The van der Waals surface area contributed by atoms with Crippen molar-refractivity contribution in [1.29, 1.82) is 0 Å². The molecule has 1 fully saturated rings. The molecule has 0 bridgehead atoms. The zero-order valence-electron chi connectivity index (χ0n) is 12.4. The van der Waals surface area contributed by atoms with Crippen LogP contribution in [-0.2, 0) is 4.79 Å². The Hall–Kier alpha value is -1.51. The summed E-state index contributed by atoms with van der Waals surface area (Å²) in [6.07, 6.45) is 0.596. The van der Waals surface area contributed by atoms with Crippen molar-refractivity contribution in [2.75, 3.05) is 18.0 Å². The van der Waals surface area contributed by atoms with Crippen LogP contribution in [0.4, 0.5) is 5.69 Å². The molecule has 0 aromatic heterocycles. The number of carbonyl (C=O) groups is 1. The first-order chi connectivity index (χ1) is 9.02. The van der Waals surface area contributed by atoms with Gasteiger partial charge >= 0.3 is 0 Å². The Morgan fingerprint density at radius 1 is 1.16 bits per heavy atom. The fourth-order valence-corrected chi connectivity index (χ4v) is 2.96. The van der Waals surface area contributed by atoms with Gasteiger partial charge in [-0.2, -0.15) is 0 Å². The molecule has 0 N–H and O–H groups in total. The van der Waals surface area contributed by atoms with E-state index < -0.39 is 0 Å². The number of rotatable bonds is 2. The van der Waals surface area contributed by atoms with Gasteiger partial charge in [-0.15, -0.1) is 0 Å². The van der Waals surface area contributed by atoms with E-state index in [2.05, 4.69) is 49.9 Å². The minimum absolute atomic E-state index is 0.267. The highest BCUT2D eigenvalue weighted by Gasteiger charge is 2.31. The lowest BCUT2D eigenvalue weighted by Gasteiger charge is -2.45. The van der Waals surface area contributed by atoms with Crippen molar-refractivity contribution in [2.45, 2.75) is 46.2 Å². The number of aryl methyl sites for hydroxylation is 1. The van der Waals surface area contributed by atoms with Gasteiger partial charge < -0.3 is 9.80 Å². The van der Waals surface area contributed by atoms with Gasteiger partial charge in [0.15, 0.2) is 0 Å². The molecule has 1 aliphatic rings. The largest absolute Gasteiger partial charge is 0.367 e. The van der Waals surface area contributed by atoms with Crippen LogP contribution in [0.25, 0.3) is 0 Å². The molecule has 1 amide bonds. The number of piperazine rings is 1. The molecule has 2 atom stereocenters. The SMILES string of the molecule is CCC(=O)N1C(C)CN(c2ccc(C)cc2)CC1C. The molecule has 1 aromatic rings. The van der Waals surface area contributed by atoms with Gasteiger partial charge in [-0.25, -0.2) is 0 Å². The number of nitrogens with zero attached hydrogens (tertiary/aromatic N) is 2. The average molecular weight is 260 g/mol. The van der Waals surface area contributed by atoms with Gasteiger partial charge in [0.05, 0.1) is 0 Å². The van der Waals surface area contributed by atoms with Gasteiger partial charge in [-0.3, -0.25) is 4.79 Å². The second-order valence-electron chi connectivity index (χ2n) is 5.59. The topological polar surface area (TPSA) is 23.6 Å². The lowest BCUT2D eigenvalue weighted by atomic mass is 10.1. The van der Waals surface area contributed by atoms with Crippen LogP contribution in [0.1, 0.15) is 32.8 Å². The van der Waals surface area contributed by atoms with E-state index in [1.807, 2.05) is 11.8 Å². The molecule has 1 saturated heterocycles. The Morgan fingerprint density at radius 2 is 1.68 bits per heavy atom. The van der Waals surface area contributed by atoms with Crippen LogP contribution in [0.2, 0.25) is 0 Å². The Labute approximate surface area is 116 Å². The molecule has 0 saturated carbocycles. The maximum absolute atomic E-state index is 12.0. The van der Waals surface area contributed by atoms with Crippen molar-refractivity contribution in [2.24, 2.45) is 0 Å². The van der Waals surface area contributed by atoms with Crippen molar-refractivity contribution in [3.8, 4) is 0 Å². The number of hydrogen-bond donors (Lipinski definition) is 0. The van der Waals surface area contributed by atoms with Crippen LogP contribution < -0.4 is 4.90 Å². The summed E-state index contributed by atoms with van der Waals surface area (Å²) in [6.45, 7) is 10.2. The van der Waals surface area contributed by atoms with Gasteiger partial charge in [-0.1, -0.05) is 24.6 Å². The standard InChI is InChI=1S/C16H24N2O/c1-5-16(19)18-13(3)10-17(11-14(18)4)15-8-6-12(2)7-9-15/h6-9,13-14H,5,10-11H2,1-4H3. The number of anilines is 1. The molecule has 1 aliphatic heterocycles. The molecule has 3 heteroatoms. The molecule has 1 heterocycles. The summed E-state index contributed by atoms with van der Waals surface area (Å²) in [5, 5.41) is 0. The first-order valence-electron chi connectivity index (χ1n) is 7.15. The van der Waals surface area contributed by atoms with E-state index >= 15 is 0 Å². The normalized spacial score (nSPS) is 23.6. The van der Waals surface area contributed by atoms with Gasteiger partial charge in [0, 0.05) is 37.3 Å². The average Bonchev–Trinajstić information content (AvgIpc) is 2.38. The Bertz CT molecular complexity index is 429. The highest BCUT2D eigenvalue weighted by atomic mass is 16.2. The summed E-state index contributed by atoms with van der Waals surface area (Å²) in [5.41, 5.74) is 2.54. The van der Waals surface area contributed by atoms with Gasteiger partial charge in [0.25, 0.3) is 0 Å². The summed E-state index contributed by atoms with van der Waals surface area (Å²) in [4.78, 5) is 16.4. The quantitative estimate of drug-likeness (QED) is 0.816. The van der Waals surface area contributed by atoms with Gasteiger partial charge in [-0.05, 0) is 32.9 Å². The minimum atomic E-state index is 0.267. The van der Waals surface area contributed by atoms with E-state index in [4.69, 9.17) is 0 Å². The van der Waals surface area contributed by atoms with Crippen LogP contribution in [0, 0.1) is 6.92 Å². The molecule has 2 unspecified atom stereocenters. The fourth-order valence-electron chi connectivity index (χ4n) is 2.96. The van der Waals surface area contributed by atoms with E-state index in [9.17, 15) is 4.79 Å². The number of hydrogen-bond acceptors (Lipinski definition) is 2. The number of amides is 1. The Kier molecular flexibility index (Phi) is 4.13. The third kappa shape index (κ3) is 2.91. The predicted octanol–water partition coefficient (Wildman–Crippen LogP) is 2.83. The third-order valence-electron chi connectivity index (χ3n) is 3.91. The van der Waals surface area contributed by atoms with Gasteiger partial charge in [0.1, 0.15) is 0 Å². The molecule has 19 heavy (non-hydrogen) atoms. The smallest absolute Gasteiger partial charge is 0.222 e. The summed E-state index contributed by atoms with van der Waals surface area (Å²) < 4.78 is 0. The summed E-state index contributed by atoms with van der Waals surface area (Å²) in [7, 11) is 0. The predicted molar refractivity (Wildman–Crippen MR) is 79.5 cm³/mol. The second-order valence-corrected chi connectivity index (χ2v) is 5.59. The molecule has 0 spiro atoms. The Balaban J connectivity index is 2.13. The zero-order chi connectivity index (χ0) is 14.0. The van der Waals surface area contributed by atoms with Crippen LogP contribution in [0.3, 0.4) is 0 Å². The van der Waals surface area contributed by atoms with Crippen molar-refractivity contribution < 1.29 is 4.79 Å². The van der Waals surface area contributed by atoms with Crippen LogP contribution in [0.5, 0.6) is 0 Å². The maximum atomic E-state index is 12.0.